The third-order valence-corrected chi connectivity index (χ3v) is 7.09. The van der Waals surface area contributed by atoms with Gasteiger partial charge >= 0.3 is 0 Å². The molecule has 2 aliphatic carbocycles. The van der Waals surface area contributed by atoms with E-state index >= 15 is 0 Å². The van der Waals surface area contributed by atoms with Gasteiger partial charge < -0.3 is 9.84 Å². The molecule has 4 atom stereocenters. The second kappa shape index (κ2) is 7.13. The van der Waals surface area contributed by atoms with Crippen LogP contribution in [0.5, 0.6) is 0 Å². The van der Waals surface area contributed by atoms with Crippen molar-refractivity contribution in [3.8, 4) is 10.7 Å². The van der Waals surface area contributed by atoms with E-state index in [1.807, 2.05) is 18.2 Å². The number of aryl methyl sites for hydroxylation is 1. The lowest BCUT2D eigenvalue weighted by Gasteiger charge is -2.27. The fraction of sp³-hybridized carbons (Fsp3) is 0.429. The summed E-state index contributed by atoms with van der Waals surface area (Å²) in [6.45, 7) is 2.56. The van der Waals surface area contributed by atoms with Crippen LogP contribution in [0, 0.1) is 24.7 Å². The number of carbonyl (C=O) groups excluding carboxylic acids is 1. The first-order valence-electron chi connectivity index (χ1n) is 9.76. The molecule has 0 unspecified atom stereocenters. The lowest BCUT2D eigenvalue weighted by Crippen LogP contribution is -2.37. The Balaban J connectivity index is 1.36. The van der Waals surface area contributed by atoms with Crippen molar-refractivity contribution in [3.63, 3.8) is 0 Å². The second-order valence-electron chi connectivity index (χ2n) is 7.83. The summed E-state index contributed by atoms with van der Waals surface area (Å²) in [6, 6.07) is 7.93. The zero-order valence-corrected chi connectivity index (χ0v) is 16.5. The molecule has 1 amide bonds. The fourth-order valence-electron chi connectivity index (χ4n) is 4.86. The van der Waals surface area contributed by atoms with Gasteiger partial charge in [-0.1, -0.05) is 11.2 Å². The molecule has 0 aliphatic heterocycles. The Morgan fingerprint density at radius 1 is 1.29 bits per heavy atom. The molecule has 2 bridgehead atoms. The number of pyridine rings is 1. The van der Waals surface area contributed by atoms with E-state index in [9.17, 15) is 4.79 Å². The van der Waals surface area contributed by atoms with E-state index < -0.39 is 0 Å². The fourth-order valence-corrected chi connectivity index (χ4v) is 5.65. The molecule has 28 heavy (non-hydrogen) atoms. The van der Waals surface area contributed by atoms with Crippen LogP contribution in [-0.2, 0) is 11.3 Å². The van der Waals surface area contributed by atoms with E-state index in [0.29, 0.717) is 30.1 Å². The van der Waals surface area contributed by atoms with Crippen molar-refractivity contribution in [2.75, 3.05) is 0 Å². The van der Waals surface area contributed by atoms with Crippen LogP contribution in [0.3, 0.4) is 0 Å². The Bertz CT molecular complexity index is 983. The molecule has 2 saturated carbocycles. The molecule has 3 aromatic heterocycles. The number of nitrogens with zero attached hydrogens (tertiary/aromatic N) is 3. The van der Waals surface area contributed by atoms with Crippen molar-refractivity contribution in [1.29, 1.82) is 0 Å². The van der Waals surface area contributed by atoms with E-state index in [1.165, 1.54) is 4.88 Å². The number of rotatable bonds is 5. The summed E-state index contributed by atoms with van der Waals surface area (Å²) in [4.78, 5) is 24.1. The van der Waals surface area contributed by atoms with Gasteiger partial charge in [-0.05, 0) is 61.8 Å². The van der Waals surface area contributed by atoms with Crippen molar-refractivity contribution < 1.29 is 9.32 Å². The Kier molecular flexibility index (Phi) is 4.47. The minimum Gasteiger partial charge on any atom is -0.352 e. The molecule has 0 aromatic carbocycles. The third kappa shape index (κ3) is 3.13. The standard InChI is InChI=1S/C21H22N4O2S/c1-12-4-7-16(28-12)19-24-21(27-25-19)18-15-6-5-14(9-15)17(18)20(26)23-11-13-3-2-8-22-10-13/h2-4,7-8,10,14-15,17-18H,5-6,9,11H2,1H3,(H,23,26)/t14-,15+,17-,18-/m0/s1. The predicted molar refractivity (Wildman–Crippen MR) is 105 cm³/mol. The average Bonchev–Trinajstić information content (AvgIpc) is 3.49. The minimum atomic E-state index is -0.0891. The maximum atomic E-state index is 13.1. The molecule has 0 radical (unpaired) electrons. The van der Waals surface area contributed by atoms with E-state index in [1.54, 1.807) is 23.7 Å². The van der Waals surface area contributed by atoms with Gasteiger partial charge in [0.05, 0.1) is 16.7 Å². The van der Waals surface area contributed by atoms with E-state index in [2.05, 4.69) is 33.4 Å². The molecular formula is C21H22N4O2S. The van der Waals surface area contributed by atoms with Gasteiger partial charge in [0.15, 0.2) is 0 Å². The van der Waals surface area contributed by atoms with Gasteiger partial charge in [-0.3, -0.25) is 9.78 Å². The summed E-state index contributed by atoms with van der Waals surface area (Å²) in [6.07, 6.45) is 6.84. The first kappa shape index (κ1) is 17.6. The predicted octanol–water partition coefficient (Wildman–Crippen LogP) is 3.95. The molecule has 144 valence electrons. The zero-order chi connectivity index (χ0) is 19.1. The van der Waals surface area contributed by atoms with Crippen molar-refractivity contribution in [1.82, 2.24) is 20.4 Å². The first-order valence-corrected chi connectivity index (χ1v) is 10.6. The van der Waals surface area contributed by atoms with Crippen LogP contribution in [0.1, 0.15) is 41.5 Å². The van der Waals surface area contributed by atoms with Crippen LogP contribution in [0.2, 0.25) is 0 Å². The number of hydrogen-bond donors (Lipinski definition) is 1. The smallest absolute Gasteiger partial charge is 0.231 e. The highest BCUT2D eigenvalue weighted by atomic mass is 32.1. The van der Waals surface area contributed by atoms with Crippen molar-refractivity contribution in [3.05, 3.63) is 53.0 Å². The Labute approximate surface area is 167 Å². The molecule has 2 aliphatic rings. The number of nitrogens with one attached hydrogen (secondary N) is 1. The van der Waals surface area contributed by atoms with Crippen LogP contribution < -0.4 is 5.32 Å². The van der Waals surface area contributed by atoms with Crippen molar-refractivity contribution in [2.24, 2.45) is 17.8 Å². The summed E-state index contributed by atoms with van der Waals surface area (Å²) in [5, 5.41) is 7.30. The first-order chi connectivity index (χ1) is 13.7. The monoisotopic (exact) mass is 394 g/mol. The SMILES string of the molecule is Cc1ccc(-c2noc([C@H]3[C@@H]4CC[C@@H](C4)[C@@H]3C(=O)NCc3cccnc3)n2)s1. The van der Waals surface area contributed by atoms with Gasteiger partial charge in [0.1, 0.15) is 0 Å². The Morgan fingerprint density at radius 2 is 2.18 bits per heavy atom. The van der Waals surface area contributed by atoms with Gasteiger partial charge in [0, 0.05) is 23.8 Å². The highest BCUT2D eigenvalue weighted by molar-refractivity contribution is 7.15. The van der Waals surface area contributed by atoms with Crippen LogP contribution >= 0.6 is 11.3 Å². The average molecular weight is 395 g/mol. The lowest BCUT2D eigenvalue weighted by molar-refractivity contribution is -0.127. The van der Waals surface area contributed by atoms with Crippen LogP contribution in [0.4, 0.5) is 0 Å². The van der Waals surface area contributed by atoms with Gasteiger partial charge in [-0.25, -0.2) is 0 Å². The highest BCUT2D eigenvalue weighted by Crippen LogP contribution is 2.56. The van der Waals surface area contributed by atoms with E-state index in [-0.39, 0.29) is 17.7 Å². The summed E-state index contributed by atoms with van der Waals surface area (Å²) in [5.41, 5.74) is 1.00. The molecular weight excluding hydrogens is 372 g/mol. The Morgan fingerprint density at radius 3 is 2.96 bits per heavy atom. The molecule has 1 N–H and O–H groups in total. The minimum absolute atomic E-state index is 0.0231. The summed E-state index contributed by atoms with van der Waals surface area (Å²) >= 11 is 1.65. The molecule has 0 spiro atoms. The lowest BCUT2D eigenvalue weighted by atomic mass is 9.78. The summed E-state index contributed by atoms with van der Waals surface area (Å²) in [7, 11) is 0. The third-order valence-electron chi connectivity index (χ3n) is 6.10. The molecule has 7 heteroatoms. The number of carbonyl (C=O) groups is 1. The van der Waals surface area contributed by atoms with Crippen LogP contribution in [0.25, 0.3) is 10.7 Å². The summed E-state index contributed by atoms with van der Waals surface area (Å²) in [5.74, 6) is 2.14. The van der Waals surface area contributed by atoms with E-state index in [4.69, 9.17) is 4.52 Å². The number of amides is 1. The van der Waals surface area contributed by atoms with Crippen molar-refractivity contribution in [2.45, 2.75) is 38.6 Å². The number of thiophene rings is 1. The normalized spacial score (nSPS) is 25.9. The molecule has 3 heterocycles. The second-order valence-corrected chi connectivity index (χ2v) is 9.12. The Hall–Kier alpha value is -2.54. The van der Waals surface area contributed by atoms with Crippen LogP contribution in [-0.4, -0.2) is 21.0 Å². The van der Waals surface area contributed by atoms with Crippen LogP contribution in [0.15, 0.2) is 41.2 Å². The maximum Gasteiger partial charge on any atom is 0.231 e. The molecule has 5 rings (SSSR count). The molecule has 2 fully saturated rings. The van der Waals surface area contributed by atoms with Gasteiger partial charge in [0.2, 0.25) is 17.6 Å². The van der Waals surface area contributed by atoms with Crippen molar-refractivity contribution >= 4 is 17.2 Å². The quantitative estimate of drug-likeness (QED) is 0.709. The number of fused-ring (bicyclic) bond motifs is 2. The number of hydrogen-bond acceptors (Lipinski definition) is 6. The zero-order valence-electron chi connectivity index (χ0n) is 15.7. The number of aromatic nitrogens is 3. The summed E-state index contributed by atoms with van der Waals surface area (Å²) < 4.78 is 5.66. The topological polar surface area (TPSA) is 80.9 Å². The highest BCUT2D eigenvalue weighted by Gasteiger charge is 2.53. The van der Waals surface area contributed by atoms with E-state index in [0.717, 1.165) is 29.7 Å². The molecule has 3 aromatic rings. The maximum absolute atomic E-state index is 13.1. The largest absolute Gasteiger partial charge is 0.352 e. The van der Waals surface area contributed by atoms with Gasteiger partial charge in [-0.2, -0.15) is 4.98 Å². The van der Waals surface area contributed by atoms with Gasteiger partial charge in [-0.15, -0.1) is 11.3 Å². The van der Waals surface area contributed by atoms with Gasteiger partial charge in [0.25, 0.3) is 0 Å². The molecule has 0 saturated heterocycles. The molecule has 6 nitrogen and oxygen atoms in total.